The Balaban J connectivity index is 1.16. The van der Waals surface area contributed by atoms with Gasteiger partial charge in [-0.15, -0.1) is 0 Å². The van der Waals surface area contributed by atoms with Crippen molar-refractivity contribution in [3.63, 3.8) is 0 Å². The van der Waals surface area contributed by atoms with E-state index in [2.05, 4.69) is 39.5 Å². The van der Waals surface area contributed by atoms with Gasteiger partial charge in [0.1, 0.15) is 22.9 Å². The number of carbonyl (C=O) groups is 2. The molecule has 2 heterocycles. The van der Waals surface area contributed by atoms with Crippen molar-refractivity contribution in [2.75, 3.05) is 11.1 Å². The van der Waals surface area contributed by atoms with Crippen molar-refractivity contribution >= 4 is 34.6 Å². The number of H-pyrrole nitrogens is 1. The Morgan fingerprint density at radius 1 is 1.09 bits per heavy atom. The number of rotatable bonds is 11. The quantitative estimate of drug-likeness (QED) is 0.133. The molecule has 7 N–H and O–H groups in total. The fourth-order valence-corrected chi connectivity index (χ4v) is 6.92. The van der Waals surface area contributed by atoms with Crippen LogP contribution in [0.3, 0.4) is 0 Å². The van der Waals surface area contributed by atoms with Gasteiger partial charge in [0.15, 0.2) is 5.65 Å². The first-order chi connectivity index (χ1) is 21.8. The highest BCUT2D eigenvalue weighted by molar-refractivity contribution is 5.93. The van der Waals surface area contributed by atoms with Crippen LogP contribution in [0.1, 0.15) is 72.8 Å². The monoisotopic (exact) mass is 631 g/mol. The first kappa shape index (κ1) is 30.7. The van der Waals surface area contributed by atoms with E-state index < -0.39 is 39.5 Å². The summed E-state index contributed by atoms with van der Waals surface area (Å²) in [5.41, 5.74) is 4.55. The molecule has 2 aromatic heterocycles. The number of nitrogens with two attached hydrogens (primary N) is 1. The third-order valence-corrected chi connectivity index (χ3v) is 10.0. The number of benzene rings is 1. The van der Waals surface area contributed by atoms with Crippen molar-refractivity contribution in [1.82, 2.24) is 25.2 Å². The minimum atomic E-state index is -0.779. The molecule has 4 aromatic rings. The van der Waals surface area contributed by atoms with Crippen LogP contribution in [0.2, 0.25) is 0 Å². The highest BCUT2D eigenvalue weighted by atomic mass is 19.1. The van der Waals surface area contributed by atoms with E-state index in [1.807, 2.05) is 0 Å². The molecule has 7 rings (SSSR count). The zero-order valence-corrected chi connectivity index (χ0v) is 25.2. The molecule has 240 valence electrons. The maximum atomic E-state index is 14.4. The van der Waals surface area contributed by atoms with E-state index >= 15 is 0 Å². The van der Waals surface area contributed by atoms with E-state index in [1.54, 1.807) is 0 Å². The highest BCUT2D eigenvalue weighted by Gasteiger charge is 2.54. The number of nitrogen functional groups attached to an aromatic ring is 1. The predicted molar refractivity (Wildman–Crippen MR) is 168 cm³/mol. The van der Waals surface area contributed by atoms with Crippen molar-refractivity contribution in [2.45, 2.75) is 64.6 Å². The molecule has 0 radical (unpaired) electrons. The zero-order chi connectivity index (χ0) is 33.0. The predicted octanol–water partition coefficient (Wildman–Crippen LogP) is 2.26. The fraction of sp³-hybridized carbons (Fsp3) is 0.375. The van der Waals surface area contributed by atoms with Crippen LogP contribution < -0.4 is 38.1 Å². The average molecular weight is 632 g/mol. The first-order valence-corrected chi connectivity index (χ1v) is 15.0. The van der Waals surface area contributed by atoms with Gasteiger partial charge in [0.25, 0.3) is 22.3 Å². The summed E-state index contributed by atoms with van der Waals surface area (Å²) in [5.74, 6) is -1.80. The molecule has 1 unspecified atom stereocenters. The molecule has 0 saturated heterocycles. The Morgan fingerprint density at radius 3 is 2.43 bits per heavy atom. The minimum absolute atomic E-state index is 0.0209. The van der Waals surface area contributed by atoms with Gasteiger partial charge in [-0.1, -0.05) is 12.6 Å². The third-order valence-electron chi connectivity index (χ3n) is 10.0. The summed E-state index contributed by atoms with van der Waals surface area (Å²) in [6.45, 7) is 6.18. The number of hydrogen-bond acceptors (Lipinski definition) is 9. The Bertz CT molecular complexity index is 2010. The SMILES string of the molecule is C=C(NC(C)C12CCC(C(=O)O)(CC1)CC2)c1cc(C(=O)NCc2ccc(F)c(CNc3c(N)c(=O)c3=O)c2)nc2cc(=O)[nH]n12. The van der Waals surface area contributed by atoms with Crippen LogP contribution in [0.25, 0.3) is 11.3 Å². The lowest BCUT2D eigenvalue weighted by atomic mass is 9.52. The Morgan fingerprint density at radius 2 is 1.78 bits per heavy atom. The van der Waals surface area contributed by atoms with Crippen LogP contribution in [0.4, 0.5) is 15.8 Å². The molecule has 0 aliphatic heterocycles. The van der Waals surface area contributed by atoms with Gasteiger partial charge in [-0.05, 0) is 74.6 Å². The third kappa shape index (κ3) is 5.22. The number of aliphatic carboxylic acids is 1. The topological polar surface area (TPSA) is 201 Å². The first-order valence-electron chi connectivity index (χ1n) is 15.0. The van der Waals surface area contributed by atoms with E-state index in [9.17, 15) is 33.5 Å². The molecule has 3 aliphatic carbocycles. The average Bonchev–Trinajstić information content (AvgIpc) is 3.44. The maximum absolute atomic E-state index is 14.4. The summed E-state index contributed by atoms with van der Waals surface area (Å²) in [4.78, 5) is 64.7. The van der Waals surface area contributed by atoms with Crippen LogP contribution in [0.15, 0.2) is 51.3 Å². The molecular weight excluding hydrogens is 597 g/mol. The smallest absolute Gasteiger partial charge is 0.309 e. The minimum Gasteiger partial charge on any atom is -0.481 e. The molecule has 14 heteroatoms. The molecule has 1 amide bonds. The number of nitrogens with one attached hydrogen (secondary N) is 4. The fourth-order valence-electron chi connectivity index (χ4n) is 6.92. The number of anilines is 2. The van der Waals surface area contributed by atoms with Gasteiger partial charge >= 0.3 is 5.97 Å². The number of halogens is 1. The van der Waals surface area contributed by atoms with Gasteiger partial charge in [0.05, 0.1) is 16.8 Å². The molecule has 3 fully saturated rings. The molecule has 3 aliphatic rings. The lowest BCUT2D eigenvalue weighted by molar-refractivity contribution is -0.159. The summed E-state index contributed by atoms with van der Waals surface area (Å²) in [5, 5.41) is 21.4. The van der Waals surface area contributed by atoms with Crippen LogP contribution in [-0.2, 0) is 17.9 Å². The molecule has 2 aromatic carbocycles. The van der Waals surface area contributed by atoms with Crippen LogP contribution in [0, 0.1) is 16.6 Å². The molecule has 2 bridgehead atoms. The zero-order valence-electron chi connectivity index (χ0n) is 25.2. The molecule has 46 heavy (non-hydrogen) atoms. The molecule has 13 nitrogen and oxygen atoms in total. The van der Waals surface area contributed by atoms with E-state index in [0.717, 1.165) is 19.3 Å². The lowest BCUT2D eigenvalue weighted by Crippen LogP contribution is -2.53. The maximum Gasteiger partial charge on any atom is 0.309 e. The second-order valence-corrected chi connectivity index (χ2v) is 12.5. The van der Waals surface area contributed by atoms with Crippen molar-refractivity contribution in [3.05, 3.63) is 96.0 Å². The number of carboxylic acids is 1. The Kier molecular flexibility index (Phi) is 7.53. The van der Waals surface area contributed by atoms with Crippen LogP contribution in [0.5, 0.6) is 0 Å². The molecule has 0 spiro atoms. The normalized spacial score (nSPS) is 21.3. The number of carbonyl (C=O) groups excluding carboxylic acids is 1. The lowest BCUT2D eigenvalue weighted by Gasteiger charge is -2.54. The van der Waals surface area contributed by atoms with Gasteiger partial charge in [-0.25, -0.2) is 13.9 Å². The van der Waals surface area contributed by atoms with Crippen molar-refractivity contribution in [1.29, 1.82) is 0 Å². The summed E-state index contributed by atoms with van der Waals surface area (Å²) in [7, 11) is 0. The molecular formula is C32H34FN7O6. The second-order valence-electron chi connectivity index (χ2n) is 12.5. The number of hydrogen-bond donors (Lipinski definition) is 6. The van der Waals surface area contributed by atoms with E-state index in [0.29, 0.717) is 36.2 Å². The van der Waals surface area contributed by atoms with Crippen molar-refractivity contribution < 1.29 is 19.1 Å². The van der Waals surface area contributed by atoms with Crippen LogP contribution in [-0.4, -0.2) is 37.6 Å². The number of carboxylic acid groups (broad SMARTS) is 1. The van der Waals surface area contributed by atoms with Gasteiger partial charge in [-0.3, -0.25) is 29.1 Å². The standard InChI is InChI=1S/C32H34FN7O6/c1-16(37-17(2)31-5-8-32(9-6-31,10-7-31)30(45)46)22-12-21(38-23-13-24(41)39-40(22)23)29(44)36-14-18-3-4-20(33)19(11-18)15-35-26-25(34)27(42)28(26)43/h3-4,11-13,17,35,37H,1,5-10,14-15,34H2,2H3,(H,36,44)(H,39,41)(H,45,46). The highest BCUT2D eigenvalue weighted by Crippen LogP contribution is 2.58. The summed E-state index contributed by atoms with van der Waals surface area (Å²) < 4.78 is 15.9. The second kappa shape index (κ2) is 11.3. The Labute approximate surface area is 261 Å². The van der Waals surface area contributed by atoms with E-state index in [-0.39, 0.29) is 52.8 Å². The summed E-state index contributed by atoms with van der Waals surface area (Å²) in [6.07, 6.45) is 4.25. The number of amides is 1. The van der Waals surface area contributed by atoms with E-state index in [4.69, 9.17) is 5.73 Å². The van der Waals surface area contributed by atoms with Gasteiger partial charge in [-0.2, -0.15) is 0 Å². The number of aromatic amines is 1. The summed E-state index contributed by atoms with van der Waals surface area (Å²) >= 11 is 0. The molecule has 3 saturated carbocycles. The van der Waals surface area contributed by atoms with E-state index in [1.165, 1.54) is 34.8 Å². The largest absolute Gasteiger partial charge is 0.481 e. The van der Waals surface area contributed by atoms with Gasteiger partial charge in [0.2, 0.25) is 0 Å². The number of aromatic nitrogens is 3. The number of nitrogens with zero attached hydrogens (tertiary/aromatic N) is 2. The van der Waals surface area contributed by atoms with Gasteiger partial charge < -0.3 is 26.8 Å². The van der Waals surface area contributed by atoms with Gasteiger partial charge in [0, 0.05) is 30.8 Å². The van der Waals surface area contributed by atoms with Crippen molar-refractivity contribution in [2.24, 2.45) is 10.8 Å². The van der Waals surface area contributed by atoms with Crippen molar-refractivity contribution in [3.8, 4) is 0 Å². The molecule has 1 atom stereocenters. The summed E-state index contributed by atoms with van der Waals surface area (Å²) in [6, 6.07) is 6.99. The number of fused-ring (bicyclic) bond motifs is 4. The van der Waals surface area contributed by atoms with Crippen LogP contribution >= 0.6 is 0 Å². The Hall–Kier alpha value is -5.27.